The topological polar surface area (TPSA) is 112 Å². The van der Waals surface area contributed by atoms with Gasteiger partial charge in [0.15, 0.2) is 5.69 Å². The molecule has 204 valence electrons. The first-order chi connectivity index (χ1) is 17.6. The van der Waals surface area contributed by atoms with Gasteiger partial charge in [-0.15, -0.1) is 0 Å². The third-order valence-electron chi connectivity index (χ3n) is 6.16. The van der Waals surface area contributed by atoms with Crippen LogP contribution in [0.4, 0.5) is 0 Å². The van der Waals surface area contributed by atoms with Gasteiger partial charge < -0.3 is 24.4 Å². The molecular formula is C27H40N4O6. The average Bonchev–Trinajstić information content (AvgIpc) is 3.29. The molecule has 2 rings (SSSR count). The summed E-state index contributed by atoms with van der Waals surface area (Å²) >= 11 is 0. The van der Waals surface area contributed by atoms with Crippen molar-refractivity contribution in [3.05, 3.63) is 30.0 Å². The number of likely N-dealkylation sites (N-methyl/N-ethyl adjacent to an activating group) is 1. The van der Waals surface area contributed by atoms with E-state index in [0.29, 0.717) is 41.6 Å². The van der Waals surface area contributed by atoms with E-state index in [0.717, 1.165) is 6.42 Å². The minimum atomic E-state index is -0.828. The van der Waals surface area contributed by atoms with E-state index in [1.807, 2.05) is 32.0 Å². The summed E-state index contributed by atoms with van der Waals surface area (Å²) in [6.07, 6.45) is 1.33. The van der Waals surface area contributed by atoms with Gasteiger partial charge in [0.05, 0.1) is 32.6 Å². The molecule has 2 aromatic rings. The molecule has 0 saturated heterocycles. The normalized spacial score (nSPS) is 12.6. The largest absolute Gasteiger partial charge is 0.496 e. The third kappa shape index (κ3) is 7.71. The van der Waals surface area contributed by atoms with Gasteiger partial charge in [-0.1, -0.05) is 40.2 Å². The Labute approximate surface area is 219 Å². The Morgan fingerprint density at radius 3 is 2.22 bits per heavy atom. The smallest absolute Gasteiger partial charge is 0.325 e. The molecule has 0 spiro atoms. The number of aromatic nitrogens is 2. The maximum Gasteiger partial charge on any atom is 0.325 e. The van der Waals surface area contributed by atoms with Crippen LogP contribution in [0.3, 0.4) is 0 Å². The molecule has 1 heterocycles. The standard InChI is InChI=1S/C27H40N4O6/c1-9-18(4)15-31-21(25-22(35-6)11-10-12-23(25)36-7)14-19(29-31)26(33)28-20(13-17(2)3)27(34)30(5)16-24(32)37-8/h10-12,14,17-18,20H,9,13,15-16H2,1-8H3,(H,28,33)/t18?,20-/m0/s1. The van der Waals surface area contributed by atoms with E-state index in [1.54, 1.807) is 25.0 Å². The van der Waals surface area contributed by atoms with Crippen molar-refractivity contribution in [2.45, 2.75) is 53.1 Å². The number of methoxy groups -OCH3 is 3. The van der Waals surface area contributed by atoms with Crippen LogP contribution in [0.25, 0.3) is 11.3 Å². The zero-order valence-corrected chi connectivity index (χ0v) is 23.2. The number of benzene rings is 1. The number of carbonyl (C=O) groups is 3. The van der Waals surface area contributed by atoms with E-state index in [-0.39, 0.29) is 24.1 Å². The molecule has 1 aromatic carbocycles. The number of nitrogens with one attached hydrogen (secondary N) is 1. The fraction of sp³-hybridized carbons (Fsp3) is 0.556. The number of ether oxygens (including phenoxy) is 3. The predicted octanol–water partition coefficient (Wildman–Crippen LogP) is 3.39. The van der Waals surface area contributed by atoms with E-state index in [9.17, 15) is 14.4 Å². The summed E-state index contributed by atoms with van der Waals surface area (Å²) in [4.78, 5) is 39.4. The molecule has 0 saturated carbocycles. The molecule has 0 aliphatic rings. The lowest BCUT2D eigenvalue weighted by molar-refractivity contribution is -0.146. The van der Waals surface area contributed by atoms with Crippen molar-refractivity contribution in [2.24, 2.45) is 11.8 Å². The highest BCUT2D eigenvalue weighted by Crippen LogP contribution is 2.39. The third-order valence-corrected chi connectivity index (χ3v) is 6.16. The molecule has 1 aromatic heterocycles. The minimum absolute atomic E-state index is 0.122. The second-order valence-corrected chi connectivity index (χ2v) is 9.57. The monoisotopic (exact) mass is 516 g/mol. The lowest BCUT2D eigenvalue weighted by atomic mass is 10.0. The van der Waals surface area contributed by atoms with Crippen molar-refractivity contribution in [3.63, 3.8) is 0 Å². The highest BCUT2D eigenvalue weighted by atomic mass is 16.5. The number of carbonyl (C=O) groups excluding carboxylic acids is 3. The zero-order chi connectivity index (χ0) is 27.7. The SMILES string of the molecule is CCC(C)Cn1nc(C(=O)N[C@@H](CC(C)C)C(=O)N(C)CC(=O)OC)cc1-c1c(OC)cccc1OC. The summed E-state index contributed by atoms with van der Waals surface area (Å²) in [7, 11) is 5.92. The number of hydrogen-bond acceptors (Lipinski definition) is 7. The van der Waals surface area contributed by atoms with E-state index in [1.165, 1.54) is 19.1 Å². The molecule has 10 nitrogen and oxygen atoms in total. The van der Waals surface area contributed by atoms with Crippen molar-refractivity contribution in [3.8, 4) is 22.8 Å². The molecular weight excluding hydrogens is 476 g/mol. The Morgan fingerprint density at radius 2 is 1.70 bits per heavy atom. The van der Waals surface area contributed by atoms with Gasteiger partial charge in [0, 0.05) is 13.6 Å². The molecule has 2 amide bonds. The Hall–Kier alpha value is -3.56. The number of esters is 1. The molecule has 0 bridgehead atoms. The number of nitrogens with zero attached hydrogens (tertiary/aromatic N) is 3. The van der Waals surface area contributed by atoms with Gasteiger partial charge in [0.25, 0.3) is 5.91 Å². The summed E-state index contributed by atoms with van der Waals surface area (Å²) in [6, 6.07) is 6.34. The van der Waals surface area contributed by atoms with E-state index >= 15 is 0 Å². The van der Waals surface area contributed by atoms with Crippen LogP contribution in [-0.4, -0.2) is 73.4 Å². The van der Waals surface area contributed by atoms with Gasteiger partial charge >= 0.3 is 5.97 Å². The predicted molar refractivity (Wildman–Crippen MR) is 141 cm³/mol. The highest BCUT2D eigenvalue weighted by molar-refractivity contribution is 5.97. The fourth-order valence-corrected chi connectivity index (χ4v) is 3.92. The Kier molecular flexibility index (Phi) is 11.0. The molecule has 0 aliphatic carbocycles. The summed E-state index contributed by atoms with van der Waals surface area (Å²) in [6.45, 7) is 8.49. The first-order valence-corrected chi connectivity index (χ1v) is 12.5. The zero-order valence-electron chi connectivity index (χ0n) is 23.2. The Bertz CT molecular complexity index is 1060. The molecule has 0 aliphatic heterocycles. The van der Waals surface area contributed by atoms with E-state index in [4.69, 9.17) is 9.47 Å². The summed E-state index contributed by atoms with van der Waals surface area (Å²) < 4.78 is 17.6. The number of amides is 2. The van der Waals surface area contributed by atoms with Gasteiger partial charge in [0.2, 0.25) is 5.91 Å². The highest BCUT2D eigenvalue weighted by Gasteiger charge is 2.29. The molecule has 10 heteroatoms. The van der Waals surface area contributed by atoms with Crippen LogP contribution in [0, 0.1) is 11.8 Å². The first kappa shape index (κ1) is 29.7. The van der Waals surface area contributed by atoms with Crippen molar-refractivity contribution in [2.75, 3.05) is 34.9 Å². The maximum absolute atomic E-state index is 13.4. The van der Waals surface area contributed by atoms with Crippen LogP contribution in [0.5, 0.6) is 11.5 Å². The maximum atomic E-state index is 13.4. The van der Waals surface area contributed by atoms with Crippen molar-refractivity contribution in [1.29, 1.82) is 0 Å². The minimum Gasteiger partial charge on any atom is -0.496 e. The molecule has 2 atom stereocenters. The van der Waals surface area contributed by atoms with Crippen LogP contribution in [-0.2, 0) is 20.9 Å². The average molecular weight is 517 g/mol. The van der Waals surface area contributed by atoms with E-state index < -0.39 is 17.9 Å². The van der Waals surface area contributed by atoms with Crippen LogP contribution >= 0.6 is 0 Å². The van der Waals surface area contributed by atoms with Gasteiger partial charge in [-0.3, -0.25) is 19.1 Å². The molecule has 0 fully saturated rings. The van der Waals surface area contributed by atoms with Crippen LogP contribution in [0.2, 0.25) is 0 Å². The van der Waals surface area contributed by atoms with Gasteiger partial charge in [-0.25, -0.2) is 0 Å². The summed E-state index contributed by atoms with van der Waals surface area (Å²) in [5, 5.41) is 7.45. The van der Waals surface area contributed by atoms with Gasteiger partial charge in [-0.2, -0.15) is 5.10 Å². The molecule has 0 radical (unpaired) electrons. The quantitative estimate of drug-likeness (QED) is 0.406. The Balaban J connectivity index is 2.47. The summed E-state index contributed by atoms with van der Waals surface area (Å²) in [5.41, 5.74) is 1.53. The molecule has 1 unspecified atom stereocenters. The molecule has 1 N–H and O–H groups in total. The van der Waals surface area contributed by atoms with Crippen molar-refractivity contribution in [1.82, 2.24) is 20.0 Å². The molecule has 37 heavy (non-hydrogen) atoms. The number of hydrogen-bond donors (Lipinski definition) is 1. The van der Waals surface area contributed by atoms with E-state index in [2.05, 4.69) is 29.0 Å². The summed E-state index contributed by atoms with van der Waals surface area (Å²) in [5.74, 6) is 0.212. The van der Waals surface area contributed by atoms with Gasteiger partial charge in [0.1, 0.15) is 24.1 Å². The van der Waals surface area contributed by atoms with Crippen LogP contribution in [0.15, 0.2) is 24.3 Å². The van der Waals surface area contributed by atoms with Gasteiger partial charge in [-0.05, 0) is 36.5 Å². The van der Waals surface area contributed by atoms with Crippen LogP contribution < -0.4 is 14.8 Å². The Morgan fingerprint density at radius 1 is 1.08 bits per heavy atom. The lowest BCUT2D eigenvalue weighted by Gasteiger charge is -2.24. The first-order valence-electron chi connectivity index (χ1n) is 12.5. The fourth-order valence-electron chi connectivity index (χ4n) is 3.92. The van der Waals surface area contributed by atoms with Crippen molar-refractivity contribution < 1.29 is 28.6 Å². The number of rotatable bonds is 13. The second kappa shape index (κ2) is 13.7. The lowest BCUT2D eigenvalue weighted by Crippen LogP contribution is -2.49. The van der Waals surface area contributed by atoms with Crippen LogP contribution in [0.1, 0.15) is 51.0 Å². The van der Waals surface area contributed by atoms with Crippen molar-refractivity contribution >= 4 is 17.8 Å². The second-order valence-electron chi connectivity index (χ2n) is 9.57.